The number of benzene rings is 2. The summed E-state index contributed by atoms with van der Waals surface area (Å²) in [6.07, 6.45) is 1.46. The number of amides is 2. The van der Waals surface area contributed by atoms with Gasteiger partial charge in [0.15, 0.2) is 0 Å². The molecule has 0 saturated heterocycles. The minimum atomic E-state index is -0.353. The van der Waals surface area contributed by atoms with Gasteiger partial charge in [-0.3, -0.25) is 14.6 Å². The molecule has 0 aliphatic rings. The molecule has 3 aromatic rings. The summed E-state index contributed by atoms with van der Waals surface area (Å²) in [5, 5.41) is 5.72. The van der Waals surface area contributed by atoms with Gasteiger partial charge in [-0.15, -0.1) is 0 Å². The minimum Gasteiger partial charge on any atom is -0.322 e. The first-order valence-electron chi connectivity index (χ1n) is 8.65. The van der Waals surface area contributed by atoms with Gasteiger partial charge >= 0.3 is 0 Å². The monoisotopic (exact) mass is 359 g/mol. The molecule has 0 aliphatic carbocycles. The quantitative estimate of drug-likeness (QED) is 0.720. The maximum Gasteiger partial charge on any atom is 0.274 e. The molecule has 2 amide bonds. The molecule has 0 spiro atoms. The molecule has 0 atom stereocenters. The van der Waals surface area contributed by atoms with Crippen LogP contribution in [-0.2, 0) is 0 Å². The number of nitrogens with one attached hydrogen (secondary N) is 2. The number of hydrogen-bond acceptors (Lipinski definition) is 3. The second-order valence-corrected chi connectivity index (χ2v) is 6.47. The molecule has 0 radical (unpaired) electrons. The van der Waals surface area contributed by atoms with Crippen LogP contribution in [0.4, 0.5) is 11.4 Å². The fraction of sp³-hybridized carbons (Fsp3) is 0.136. The molecule has 0 aliphatic heterocycles. The highest BCUT2D eigenvalue weighted by molar-refractivity contribution is 6.08. The summed E-state index contributed by atoms with van der Waals surface area (Å²) >= 11 is 0. The SMILES string of the molecule is Cc1ccc(C)c(NC(=O)c2cc(C(=O)Nc3ccccc3C)ccn2)c1. The van der Waals surface area contributed by atoms with Gasteiger partial charge in [-0.2, -0.15) is 0 Å². The lowest BCUT2D eigenvalue weighted by atomic mass is 10.1. The molecule has 0 saturated carbocycles. The third-order valence-corrected chi connectivity index (χ3v) is 4.29. The van der Waals surface area contributed by atoms with Gasteiger partial charge in [0.1, 0.15) is 5.69 Å². The van der Waals surface area contributed by atoms with Crippen LogP contribution in [0.15, 0.2) is 60.8 Å². The first-order chi connectivity index (χ1) is 12.9. The van der Waals surface area contributed by atoms with Crippen molar-refractivity contribution in [2.75, 3.05) is 10.6 Å². The van der Waals surface area contributed by atoms with Gasteiger partial charge in [0.05, 0.1) is 0 Å². The van der Waals surface area contributed by atoms with Crippen LogP contribution in [0.1, 0.15) is 37.5 Å². The number of hydrogen-bond donors (Lipinski definition) is 2. The summed E-state index contributed by atoms with van der Waals surface area (Å²) in [5.41, 5.74) is 5.01. The number of para-hydroxylation sites is 1. The van der Waals surface area contributed by atoms with Gasteiger partial charge < -0.3 is 10.6 Å². The van der Waals surface area contributed by atoms with Crippen molar-refractivity contribution >= 4 is 23.2 Å². The number of pyridine rings is 1. The maximum atomic E-state index is 12.6. The third-order valence-electron chi connectivity index (χ3n) is 4.29. The van der Waals surface area contributed by atoms with Crippen LogP contribution in [0.25, 0.3) is 0 Å². The van der Waals surface area contributed by atoms with Crippen LogP contribution in [0.5, 0.6) is 0 Å². The fourth-order valence-corrected chi connectivity index (χ4v) is 2.66. The van der Waals surface area contributed by atoms with Gasteiger partial charge in [0.2, 0.25) is 0 Å². The molecule has 2 N–H and O–H groups in total. The van der Waals surface area contributed by atoms with Crippen molar-refractivity contribution in [1.29, 1.82) is 0 Å². The summed E-state index contributed by atoms with van der Waals surface area (Å²) in [7, 11) is 0. The van der Waals surface area contributed by atoms with E-state index in [0.29, 0.717) is 5.56 Å². The van der Waals surface area contributed by atoms with Crippen molar-refractivity contribution in [2.24, 2.45) is 0 Å². The largest absolute Gasteiger partial charge is 0.322 e. The Bertz CT molecular complexity index is 1010. The van der Waals surface area contributed by atoms with Crippen LogP contribution < -0.4 is 10.6 Å². The van der Waals surface area contributed by atoms with E-state index in [1.165, 1.54) is 12.3 Å². The second kappa shape index (κ2) is 7.83. The Morgan fingerprint density at radius 1 is 0.778 bits per heavy atom. The Balaban J connectivity index is 1.78. The molecule has 5 heteroatoms. The van der Waals surface area contributed by atoms with Gasteiger partial charge in [-0.25, -0.2) is 0 Å². The number of carbonyl (C=O) groups excluding carboxylic acids is 2. The van der Waals surface area contributed by atoms with Crippen molar-refractivity contribution in [3.63, 3.8) is 0 Å². The van der Waals surface area contributed by atoms with E-state index >= 15 is 0 Å². The Kier molecular flexibility index (Phi) is 5.31. The van der Waals surface area contributed by atoms with Crippen molar-refractivity contribution in [3.8, 4) is 0 Å². The summed E-state index contributed by atoms with van der Waals surface area (Å²) in [4.78, 5) is 29.2. The zero-order valence-corrected chi connectivity index (χ0v) is 15.5. The molecule has 1 aromatic heterocycles. The number of nitrogens with zero attached hydrogens (tertiary/aromatic N) is 1. The molecule has 27 heavy (non-hydrogen) atoms. The second-order valence-electron chi connectivity index (χ2n) is 6.47. The highest BCUT2D eigenvalue weighted by Gasteiger charge is 2.14. The summed E-state index contributed by atoms with van der Waals surface area (Å²) in [5.74, 6) is -0.637. The Hall–Kier alpha value is -3.47. The summed E-state index contributed by atoms with van der Waals surface area (Å²) < 4.78 is 0. The number of rotatable bonds is 4. The van der Waals surface area contributed by atoms with Crippen molar-refractivity contribution in [2.45, 2.75) is 20.8 Å². The zero-order chi connectivity index (χ0) is 19.4. The van der Waals surface area contributed by atoms with Crippen LogP contribution in [0.3, 0.4) is 0 Å². The minimum absolute atomic E-state index is 0.188. The highest BCUT2D eigenvalue weighted by Crippen LogP contribution is 2.18. The van der Waals surface area contributed by atoms with Crippen LogP contribution >= 0.6 is 0 Å². The Morgan fingerprint density at radius 2 is 1.48 bits per heavy atom. The molecule has 136 valence electrons. The molecule has 0 fully saturated rings. The average molecular weight is 359 g/mol. The standard InChI is InChI=1S/C22H21N3O2/c1-14-8-9-16(3)19(12-14)25-22(27)20-13-17(10-11-23-20)21(26)24-18-7-5-4-6-15(18)2/h4-13H,1-3H3,(H,24,26)(H,25,27). The lowest BCUT2D eigenvalue weighted by Gasteiger charge is -2.10. The molecule has 2 aromatic carbocycles. The highest BCUT2D eigenvalue weighted by atomic mass is 16.2. The van der Waals surface area contributed by atoms with E-state index in [1.807, 2.05) is 63.2 Å². The van der Waals surface area contributed by atoms with Gasteiger partial charge in [-0.1, -0.05) is 30.3 Å². The summed E-state index contributed by atoms with van der Waals surface area (Å²) in [6.45, 7) is 5.81. The van der Waals surface area contributed by atoms with Crippen LogP contribution in [0, 0.1) is 20.8 Å². The zero-order valence-electron chi connectivity index (χ0n) is 15.5. The molecule has 0 bridgehead atoms. The number of aryl methyl sites for hydroxylation is 3. The lowest BCUT2D eigenvalue weighted by molar-refractivity contribution is 0.102. The van der Waals surface area contributed by atoms with E-state index in [2.05, 4.69) is 15.6 Å². The summed E-state index contributed by atoms with van der Waals surface area (Å²) in [6, 6.07) is 16.4. The number of anilines is 2. The van der Waals surface area contributed by atoms with E-state index < -0.39 is 0 Å². The topological polar surface area (TPSA) is 71.1 Å². The molecular formula is C22H21N3O2. The molecule has 3 rings (SSSR count). The first-order valence-corrected chi connectivity index (χ1v) is 8.65. The Labute approximate surface area is 158 Å². The predicted octanol–water partition coefficient (Wildman–Crippen LogP) is 4.51. The third kappa shape index (κ3) is 4.39. The molecule has 0 unspecified atom stereocenters. The smallest absolute Gasteiger partial charge is 0.274 e. The lowest BCUT2D eigenvalue weighted by Crippen LogP contribution is -2.17. The van der Waals surface area contributed by atoms with E-state index in [1.54, 1.807) is 6.07 Å². The van der Waals surface area contributed by atoms with Crippen molar-refractivity contribution < 1.29 is 9.59 Å². The first kappa shape index (κ1) is 18.3. The average Bonchev–Trinajstić information content (AvgIpc) is 2.66. The van der Waals surface area contributed by atoms with E-state index in [9.17, 15) is 9.59 Å². The van der Waals surface area contributed by atoms with E-state index in [4.69, 9.17) is 0 Å². The number of carbonyl (C=O) groups is 2. The Morgan fingerprint density at radius 3 is 2.26 bits per heavy atom. The van der Waals surface area contributed by atoms with Crippen LogP contribution in [-0.4, -0.2) is 16.8 Å². The van der Waals surface area contributed by atoms with Gasteiger partial charge in [0, 0.05) is 23.1 Å². The van der Waals surface area contributed by atoms with E-state index in [0.717, 1.165) is 28.1 Å². The molecule has 5 nitrogen and oxygen atoms in total. The van der Waals surface area contributed by atoms with Gasteiger partial charge in [0.25, 0.3) is 11.8 Å². The van der Waals surface area contributed by atoms with Gasteiger partial charge in [-0.05, 0) is 61.7 Å². The van der Waals surface area contributed by atoms with Crippen molar-refractivity contribution in [3.05, 3.63) is 88.7 Å². The predicted molar refractivity (Wildman–Crippen MR) is 107 cm³/mol. The normalized spacial score (nSPS) is 10.3. The van der Waals surface area contributed by atoms with Crippen LogP contribution in [0.2, 0.25) is 0 Å². The van der Waals surface area contributed by atoms with E-state index in [-0.39, 0.29) is 17.5 Å². The fourth-order valence-electron chi connectivity index (χ4n) is 2.66. The number of aromatic nitrogens is 1. The van der Waals surface area contributed by atoms with Crippen molar-refractivity contribution in [1.82, 2.24) is 4.98 Å². The molecule has 1 heterocycles. The maximum absolute atomic E-state index is 12.6. The molecular weight excluding hydrogens is 338 g/mol.